The topological polar surface area (TPSA) is 40.6 Å². The van der Waals surface area contributed by atoms with Crippen LogP contribution >= 0.6 is 11.3 Å². The molecule has 0 bridgehead atoms. The van der Waals surface area contributed by atoms with Crippen molar-refractivity contribution < 1.29 is 14.2 Å². The van der Waals surface area contributed by atoms with Crippen molar-refractivity contribution in [1.82, 2.24) is 4.98 Å². The quantitative estimate of drug-likeness (QED) is 0.841. The lowest BCUT2D eigenvalue weighted by Crippen LogP contribution is -2.00. The Morgan fingerprint density at radius 1 is 1.11 bits per heavy atom. The molecule has 5 heteroatoms. The van der Waals surface area contributed by atoms with E-state index in [2.05, 4.69) is 4.98 Å². The molecule has 0 N–H and O–H groups in total. The van der Waals surface area contributed by atoms with Gasteiger partial charge in [-0.1, -0.05) is 0 Å². The minimum absolute atomic E-state index is 0.411. The molecule has 0 saturated heterocycles. The average Bonchev–Trinajstić information content (AvgIpc) is 2.81. The van der Waals surface area contributed by atoms with Gasteiger partial charge in [0.1, 0.15) is 11.6 Å². The summed E-state index contributed by atoms with van der Waals surface area (Å²) < 4.78 is 16.5. The zero-order chi connectivity index (χ0) is 13.8. The highest BCUT2D eigenvalue weighted by Crippen LogP contribution is 2.38. The van der Waals surface area contributed by atoms with Crippen molar-refractivity contribution in [3.63, 3.8) is 0 Å². The number of rotatable bonds is 5. The van der Waals surface area contributed by atoms with E-state index >= 15 is 0 Å². The molecule has 0 aliphatic carbocycles. The minimum atomic E-state index is 0.411. The lowest BCUT2D eigenvalue weighted by atomic mass is 10.2. The first-order valence-electron chi connectivity index (χ1n) is 5.90. The molecule has 0 radical (unpaired) electrons. The number of aryl methyl sites for hydroxylation is 2. The lowest BCUT2D eigenvalue weighted by Gasteiger charge is -2.14. The molecule has 4 nitrogen and oxygen atoms in total. The van der Waals surface area contributed by atoms with Crippen LogP contribution in [0.5, 0.6) is 17.2 Å². The highest BCUT2D eigenvalue weighted by molar-refractivity contribution is 7.09. The maximum Gasteiger partial charge on any atom is 0.203 e. The second-order valence-electron chi connectivity index (χ2n) is 4.17. The molecule has 1 aromatic carbocycles. The van der Waals surface area contributed by atoms with Crippen molar-refractivity contribution >= 4 is 11.3 Å². The van der Waals surface area contributed by atoms with Crippen LogP contribution in [0.1, 0.15) is 16.3 Å². The van der Waals surface area contributed by atoms with Crippen LogP contribution in [0.25, 0.3) is 0 Å². The Morgan fingerprint density at radius 2 is 1.74 bits per heavy atom. The summed E-state index contributed by atoms with van der Waals surface area (Å²) in [7, 11) is 3.24. The predicted octanol–water partition coefficient (Wildman–Crippen LogP) is 3.36. The fourth-order valence-corrected chi connectivity index (χ4v) is 2.44. The van der Waals surface area contributed by atoms with Crippen LogP contribution in [0.2, 0.25) is 0 Å². The van der Waals surface area contributed by atoms with Gasteiger partial charge in [0.2, 0.25) is 5.75 Å². The molecule has 0 spiro atoms. The summed E-state index contributed by atoms with van der Waals surface area (Å²) in [6, 6.07) is 3.84. The summed E-state index contributed by atoms with van der Waals surface area (Å²) in [5.41, 5.74) is 2.07. The molecule has 0 amide bonds. The minimum Gasteiger partial charge on any atom is -0.493 e. The largest absolute Gasteiger partial charge is 0.493 e. The Bertz CT molecular complexity index is 541. The highest BCUT2D eigenvalue weighted by atomic mass is 32.1. The molecule has 0 unspecified atom stereocenters. The summed E-state index contributed by atoms with van der Waals surface area (Å²) in [5, 5.41) is 2.93. The van der Waals surface area contributed by atoms with Crippen LogP contribution in [-0.2, 0) is 6.61 Å². The standard InChI is InChI=1S/C14H17NO3S/c1-9-5-11(16-3)14(12(6-9)17-4)18-7-13-15-10(2)8-19-13/h5-6,8H,7H2,1-4H3. The molecular formula is C14H17NO3S. The van der Waals surface area contributed by atoms with Crippen LogP contribution in [-0.4, -0.2) is 19.2 Å². The van der Waals surface area contributed by atoms with E-state index in [0.717, 1.165) is 16.3 Å². The van der Waals surface area contributed by atoms with Crippen molar-refractivity contribution in [3.05, 3.63) is 33.8 Å². The van der Waals surface area contributed by atoms with E-state index in [1.165, 1.54) is 0 Å². The molecule has 1 aromatic heterocycles. The SMILES string of the molecule is COc1cc(C)cc(OC)c1OCc1nc(C)cs1. The van der Waals surface area contributed by atoms with Crippen molar-refractivity contribution in [2.24, 2.45) is 0 Å². The molecule has 1 heterocycles. The van der Waals surface area contributed by atoms with Gasteiger partial charge in [-0.25, -0.2) is 4.98 Å². The molecule has 2 rings (SSSR count). The monoisotopic (exact) mass is 279 g/mol. The zero-order valence-electron chi connectivity index (χ0n) is 11.5. The second kappa shape index (κ2) is 5.93. The van der Waals surface area contributed by atoms with Crippen LogP contribution in [0.3, 0.4) is 0 Å². The summed E-state index contributed by atoms with van der Waals surface area (Å²) in [6.07, 6.45) is 0. The maximum atomic E-state index is 5.80. The van der Waals surface area contributed by atoms with E-state index in [4.69, 9.17) is 14.2 Å². The molecule has 0 fully saturated rings. The number of hydrogen-bond donors (Lipinski definition) is 0. The van der Waals surface area contributed by atoms with Gasteiger partial charge in [0, 0.05) is 11.1 Å². The Labute approximate surface area is 117 Å². The number of nitrogens with zero attached hydrogens (tertiary/aromatic N) is 1. The number of benzene rings is 1. The van der Waals surface area contributed by atoms with E-state index in [1.54, 1.807) is 25.6 Å². The summed E-state index contributed by atoms with van der Waals surface area (Å²) >= 11 is 1.58. The van der Waals surface area contributed by atoms with Crippen molar-refractivity contribution in [2.45, 2.75) is 20.5 Å². The fourth-order valence-electron chi connectivity index (χ4n) is 1.76. The Balaban J connectivity index is 2.23. The number of ether oxygens (including phenoxy) is 3. The first-order valence-corrected chi connectivity index (χ1v) is 6.78. The first-order chi connectivity index (χ1) is 9.13. The predicted molar refractivity (Wildman–Crippen MR) is 75.5 cm³/mol. The lowest BCUT2D eigenvalue weighted by molar-refractivity contribution is 0.265. The first kappa shape index (κ1) is 13.7. The van der Waals surface area contributed by atoms with Gasteiger partial charge in [0.05, 0.1) is 14.2 Å². The van der Waals surface area contributed by atoms with E-state index < -0.39 is 0 Å². The van der Waals surface area contributed by atoms with Gasteiger partial charge in [0.25, 0.3) is 0 Å². The van der Waals surface area contributed by atoms with Gasteiger partial charge in [-0.2, -0.15) is 0 Å². The molecule has 19 heavy (non-hydrogen) atoms. The molecule has 102 valence electrons. The highest BCUT2D eigenvalue weighted by Gasteiger charge is 2.13. The molecular weight excluding hydrogens is 262 g/mol. The van der Waals surface area contributed by atoms with Crippen molar-refractivity contribution in [3.8, 4) is 17.2 Å². The molecule has 0 aliphatic rings. The van der Waals surface area contributed by atoms with Crippen molar-refractivity contribution in [1.29, 1.82) is 0 Å². The Hall–Kier alpha value is -1.75. The maximum absolute atomic E-state index is 5.80. The molecule has 0 atom stereocenters. The van der Waals surface area contributed by atoms with Crippen LogP contribution < -0.4 is 14.2 Å². The second-order valence-corrected chi connectivity index (χ2v) is 5.11. The van der Waals surface area contributed by atoms with E-state index in [-0.39, 0.29) is 0 Å². The summed E-state index contributed by atoms with van der Waals surface area (Å²) in [4.78, 5) is 4.37. The number of thiazole rings is 1. The van der Waals surface area contributed by atoms with Crippen molar-refractivity contribution in [2.75, 3.05) is 14.2 Å². The van der Waals surface area contributed by atoms with E-state index in [9.17, 15) is 0 Å². The van der Waals surface area contributed by atoms with Crippen LogP contribution in [0.4, 0.5) is 0 Å². The Kier molecular flexibility index (Phi) is 4.27. The normalized spacial score (nSPS) is 10.3. The Morgan fingerprint density at radius 3 is 2.21 bits per heavy atom. The fraction of sp³-hybridized carbons (Fsp3) is 0.357. The third kappa shape index (κ3) is 3.17. The smallest absolute Gasteiger partial charge is 0.203 e. The van der Waals surface area contributed by atoms with Gasteiger partial charge >= 0.3 is 0 Å². The molecule has 2 aromatic rings. The average molecular weight is 279 g/mol. The van der Waals surface area contributed by atoms with Crippen LogP contribution in [0, 0.1) is 13.8 Å². The number of hydrogen-bond acceptors (Lipinski definition) is 5. The summed E-state index contributed by atoms with van der Waals surface area (Å²) in [6.45, 7) is 4.36. The van der Waals surface area contributed by atoms with Gasteiger partial charge in [-0.15, -0.1) is 11.3 Å². The molecule has 0 aliphatic heterocycles. The number of aromatic nitrogens is 1. The third-order valence-corrected chi connectivity index (χ3v) is 3.55. The van der Waals surface area contributed by atoms with E-state index in [0.29, 0.717) is 23.9 Å². The van der Waals surface area contributed by atoms with Gasteiger partial charge in [-0.05, 0) is 31.5 Å². The van der Waals surface area contributed by atoms with Crippen LogP contribution in [0.15, 0.2) is 17.5 Å². The zero-order valence-corrected chi connectivity index (χ0v) is 12.3. The van der Waals surface area contributed by atoms with E-state index in [1.807, 2.05) is 31.4 Å². The summed E-state index contributed by atoms with van der Waals surface area (Å²) in [5.74, 6) is 1.96. The number of methoxy groups -OCH3 is 2. The third-order valence-electron chi connectivity index (χ3n) is 2.61. The van der Waals surface area contributed by atoms with Gasteiger partial charge in [0.15, 0.2) is 11.5 Å². The van der Waals surface area contributed by atoms with Gasteiger partial charge in [-0.3, -0.25) is 0 Å². The van der Waals surface area contributed by atoms with Gasteiger partial charge < -0.3 is 14.2 Å². The molecule has 0 saturated carbocycles.